The molecule has 0 radical (unpaired) electrons. The molecule has 2 N–H and O–H groups in total. The maximum atomic E-state index is 12.9. The first-order valence-corrected chi connectivity index (χ1v) is 6.02. The highest BCUT2D eigenvalue weighted by atomic mass is 19.1. The minimum absolute atomic E-state index is 0.00739. The van der Waals surface area contributed by atoms with Gasteiger partial charge in [-0.1, -0.05) is 0 Å². The predicted octanol–water partition coefficient (Wildman–Crippen LogP) is 0.523. The lowest BCUT2D eigenvalue weighted by molar-refractivity contribution is 0.0944. The third-order valence-corrected chi connectivity index (χ3v) is 2.88. The number of carbonyl (C=O) groups is 1. The van der Waals surface area contributed by atoms with Gasteiger partial charge in [-0.2, -0.15) is 0 Å². The number of rotatable bonds is 3. The maximum Gasteiger partial charge on any atom is 0.270 e. The van der Waals surface area contributed by atoms with Crippen molar-refractivity contribution in [1.82, 2.24) is 20.6 Å². The van der Waals surface area contributed by atoms with E-state index in [1.165, 1.54) is 0 Å². The average Bonchev–Trinajstić information content (AvgIpc) is 2.70. The van der Waals surface area contributed by atoms with Gasteiger partial charge in [0.05, 0.1) is 0 Å². The van der Waals surface area contributed by atoms with Crippen LogP contribution in [-0.2, 0) is 0 Å². The van der Waals surface area contributed by atoms with Gasteiger partial charge in [0.1, 0.15) is 17.7 Å². The van der Waals surface area contributed by atoms with Crippen molar-refractivity contribution in [3.8, 4) is 0 Å². The molecule has 2 atom stereocenters. The van der Waals surface area contributed by atoms with E-state index in [1.54, 1.807) is 13.0 Å². The molecule has 18 heavy (non-hydrogen) atoms. The second-order valence-electron chi connectivity index (χ2n) is 4.59. The van der Waals surface area contributed by atoms with Crippen LogP contribution in [-0.4, -0.2) is 41.2 Å². The summed E-state index contributed by atoms with van der Waals surface area (Å²) in [4.78, 5) is 20.1. The zero-order valence-electron chi connectivity index (χ0n) is 10.5. The van der Waals surface area contributed by atoms with E-state index in [0.29, 0.717) is 31.0 Å². The number of halogens is 1. The van der Waals surface area contributed by atoms with Crippen molar-refractivity contribution in [3.05, 3.63) is 23.3 Å². The van der Waals surface area contributed by atoms with Crippen molar-refractivity contribution in [2.45, 2.75) is 32.5 Å². The van der Waals surface area contributed by atoms with Crippen LogP contribution in [0.25, 0.3) is 0 Å². The lowest BCUT2D eigenvalue weighted by Crippen LogP contribution is -2.37. The fraction of sp³-hybridized carbons (Fsp3) is 0.583. The Bertz CT molecular complexity index is 431. The second kappa shape index (κ2) is 5.39. The van der Waals surface area contributed by atoms with E-state index in [9.17, 15) is 9.18 Å². The molecule has 1 aliphatic heterocycles. The molecule has 6 heteroatoms. The third kappa shape index (κ3) is 3.22. The quantitative estimate of drug-likeness (QED) is 0.823. The first-order valence-electron chi connectivity index (χ1n) is 6.02. The zero-order valence-corrected chi connectivity index (χ0v) is 10.5. The zero-order chi connectivity index (χ0) is 13.1. The molecule has 2 heterocycles. The van der Waals surface area contributed by atoms with Crippen molar-refractivity contribution < 1.29 is 9.18 Å². The number of nitrogens with zero attached hydrogens (tertiary/aromatic N) is 2. The minimum Gasteiger partial charge on any atom is -0.349 e. The van der Waals surface area contributed by atoms with Crippen molar-refractivity contribution in [2.75, 3.05) is 13.1 Å². The van der Waals surface area contributed by atoms with E-state index in [1.807, 2.05) is 6.92 Å². The lowest BCUT2D eigenvalue weighted by atomic mass is 10.2. The molecular formula is C12H17FN4O. The van der Waals surface area contributed by atoms with E-state index < -0.39 is 6.17 Å². The molecule has 5 nitrogen and oxygen atoms in total. The van der Waals surface area contributed by atoms with Crippen LogP contribution in [0.4, 0.5) is 4.39 Å². The van der Waals surface area contributed by atoms with Crippen molar-refractivity contribution in [1.29, 1.82) is 0 Å². The summed E-state index contributed by atoms with van der Waals surface area (Å²) in [6, 6.07) is 1.65. The molecule has 0 bridgehead atoms. The minimum atomic E-state index is -0.810. The Kier molecular flexibility index (Phi) is 3.86. The van der Waals surface area contributed by atoms with Gasteiger partial charge in [-0.05, 0) is 26.3 Å². The highest BCUT2D eigenvalue weighted by molar-refractivity contribution is 5.92. The van der Waals surface area contributed by atoms with Crippen molar-refractivity contribution >= 4 is 5.91 Å². The summed E-state index contributed by atoms with van der Waals surface area (Å²) in [5.74, 6) is 0.329. The summed E-state index contributed by atoms with van der Waals surface area (Å²) in [5.41, 5.74) is 1.12. The fourth-order valence-corrected chi connectivity index (χ4v) is 2.07. The number of amides is 1. The number of aryl methyl sites for hydroxylation is 2. The van der Waals surface area contributed by atoms with Gasteiger partial charge in [-0.25, -0.2) is 14.4 Å². The number of carbonyl (C=O) groups excluding carboxylic acids is 1. The van der Waals surface area contributed by atoms with E-state index in [4.69, 9.17) is 0 Å². The van der Waals surface area contributed by atoms with Crippen LogP contribution in [0.1, 0.15) is 28.4 Å². The summed E-state index contributed by atoms with van der Waals surface area (Å²) >= 11 is 0. The summed E-state index contributed by atoms with van der Waals surface area (Å²) in [6.07, 6.45) is -0.363. The van der Waals surface area contributed by atoms with Crippen molar-refractivity contribution in [2.24, 2.45) is 0 Å². The monoisotopic (exact) mass is 252 g/mol. The van der Waals surface area contributed by atoms with Gasteiger partial charge in [0, 0.05) is 24.8 Å². The van der Waals surface area contributed by atoms with Gasteiger partial charge in [-0.15, -0.1) is 0 Å². The maximum absolute atomic E-state index is 12.9. The molecule has 1 aromatic rings. The lowest BCUT2D eigenvalue weighted by Gasteiger charge is -2.11. The van der Waals surface area contributed by atoms with Crippen LogP contribution < -0.4 is 10.6 Å². The Labute approximate surface area is 105 Å². The van der Waals surface area contributed by atoms with Crippen LogP contribution in [0.2, 0.25) is 0 Å². The van der Waals surface area contributed by atoms with Gasteiger partial charge in [-0.3, -0.25) is 4.79 Å². The molecule has 1 fully saturated rings. The largest absolute Gasteiger partial charge is 0.349 e. The Balaban J connectivity index is 1.91. The second-order valence-corrected chi connectivity index (χ2v) is 4.59. The van der Waals surface area contributed by atoms with Gasteiger partial charge >= 0.3 is 0 Å². The number of nitrogens with one attached hydrogen (secondary N) is 2. The summed E-state index contributed by atoms with van der Waals surface area (Å²) in [5, 5.41) is 5.77. The van der Waals surface area contributed by atoms with Gasteiger partial charge in [0.15, 0.2) is 0 Å². The van der Waals surface area contributed by atoms with Gasteiger partial charge in [0.25, 0.3) is 5.91 Å². The van der Waals surface area contributed by atoms with Crippen LogP contribution in [0, 0.1) is 13.8 Å². The molecule has 0 spiro atoms. The Morgan fingerprint density at radius 2 is 2.33 bits per heavy atom. The number of alkyl halides is 1. The molecule has 1 aromatic heterocycles. The average molecular weight is 252 g/mol. The molecule has 0 aliphatic carbocycles. The molecule has 2 rings (SSSR count). The highest BCUT2D eigenvalue weighted by Gasteiger charge is 2.23. The van der Waals surface area contributed by atoms with Crippen LogP contribution in [0.15, 0.2) is 6.07 Å². The smallest absolute Gasteiger partial charge is 0.270 e. The number of aromatic nitrogens is 2. The molecule has 0 aromatic carbocycles. The number of hydrogen-bond acceptors (Lipinski definition) is 4. The molecule has 1 amide bonds. The molecule has 98 valence electrons. The van der Waals surface area contributed by atoms with E-state index >= 15 is 0 Å². The normalized spacial score (nSPS) is 23.1. The third-order valence-electron chi connectivity index (χ3n) is 2.88. The van der Waals surface area contributed by atoms with Crippen LogP contribution >= 0.6 is 0 Å². The van der Waals surface area contributed by atoms with Gasteiger partial charge < -0.3 is 10.6 Å². The summed E-state index contributed by atoms with van der Waals surface area (Å²) < 4.78 is 12.9. The van der Waals surface area contributed by atoms with E-state index in [0.717, 1.165) is 5.69 Å². The standard InChI is InChI=1S/C12H17FN4O/c1-7-3-11(17-8(2)16-7)12(18)15-6-10-4-9(13)5-14-10/h3,9-10,14H,4-6H2,1-2H3,(H,15,18)/t9-,10-/m0/s1. The molecular weight excluding hydrogens is 235 g/mol. The van der Waals surface area contributed by atoms with Gasteiger partial charge in [0.2, 0.25) is 0 Å². The van der Waals surface area contributed by atoms with Crippen molar-refractivity contribution in [3.63, 3.8) is 0 Å². The molecule has 1 saturated heterocycles. The fourth-order valence-electron chi connectivity index (χ4n) is 2.07. The van der Waals surface area contributed by atoms with E-state index in [-0.39, 0.29) is 11.9 Å². The first-order chi connectivity index (χ1) is 8.54. The Morgan fingerprint density at radius 3 is 2.94 bits per heavy atom. The first kappa shape index (κ1) is 12.9. The van der Waals surface area contributed by atoms with Crippen LogP contribution in [0.3, 0.4) is 0 Å². The SMILES string of the molecule is Cc1cc(C(=O)NC[C@@H]2C[C@H](F)CN2)nc(C)n1. The summed E-state index contributed by atoms with van der Waals surface area (Å²) in [6.45, 7) is 4.35. The summed E-state index contributed by atoms with van der Waals surface area (Å²) in [7, 11) is 0. The predicted molar refractivity (Wildman–Crippen MR) is 65.1 cm³/mol. The van der Waals surface area contributed by atoms with Crippen LogP contribution in [0.5, 0.6) is 0 Å². The number of hydrogen-bond donors (Lipinski definition) is 2. The Morgan fingerprint density at radius 1 is 1.56 bits per heavy atom. The molecule has 0 saturated carbocycles. The highest BCUT2D eigenvalue weighted by Crippen LogP contribution is 2.09. The van der Waals surface area contributed by atoms with E-state index in [2.05, 4.69) is 20.6 Å². The topological polar surface area (TPSA) is 66.9 Å². The molecule has 0 unspecified atom stereocenters. The molecule has 1 aliphatic rings. The Hall–Kier alpha value is -1.56.